The van der Waals surface area contributed by atoms with Crippen LogP contribution in [0.15, 0.2) is 48.5 Å². The molecule has 1 atom stereocenters. The number of hydrogen-bond donors (Lipinski definition) is 0. The highest BCUT2D eigenvalue weighted by atomic mass is 79.9. The lowest BCUT2D eigenvalue weighted by Gasteiger charge is -2.15. The van der Waals surface area contributed by atoms with Crippen LogP contribution in [0.5, 0.6) is 0 Å². The summed E-state index contributed by atoms with van der Waals surface area (Å²) in [6, 6.07) is 15.5. The molecule has 0 saturated carbocycles. The molecule has 0 heterocycles. The van der Waals surface area contributed by atoms with E-state index in [2.05, 4.69) is 47.1 Å². The van der Waals surface area contributed by atoms with Crippen LogP contribution in [0, 0.1) is 12.7 Å². The molecule has 0 N–H and O–H groups in total. The summed E-state index contributed by atoms with van der Waals surface area (Å²) in [5, 5.41) is 0.838. The molecule has 2 aromatic carbocycles. The molecule has 2 rings (SSSR count). The average Bonchev–Trinajstić information content (AvgIpc) is 2.39. The van der Waals surface area contributed by atoms with Crippen molar-refractivity contribution in [2.45, 2.75) is 19.3 Å². The molecule has 2 aromatic rings. The van der Waals surface area contributed by atoms with Crippen LogP contribution in [-0.4, -0.2) is 5.33 Å². The summed E-state index contributed by atoms with van der Waals surface area (Å²) in [6.07, 6.45) is 0.723. The number of alkyl halides is 1. The minimum Gasteiger partial charge on any atom is -0.207 e. The van der Waals surface area contributed by atoms with E-state index < -0.39 is 0 Å². The fraction of sp³-hybridized carbons (Fsp3) is 0.250. The van der Waals surface area contributed by atoms with Crippen LogP contribution in [0.25, 0.3) is 0 Å². The van der Waals surface area contributed by atoms with E-state index in [4.69, 9.17) is 0 Å². The molecule has 18 heavy (non-hydrogen) atoms. The number of rotatable bonds is 4. The highest BCUT2D eigenvalue weighted by Crippen LogP contribution is 2.24. The molecule has 0 bridgehead atoms. The first kappa shape index (κ1) is 13.3. The lowest BCUT2D eigenvalue weighted by molar-refractivity contribution is 0.599. The van der Waals surface area contributed by atoms with E-state index in [1.807, 2.05) is 12.1 Å². The van der Waals surface area contributed by atoms with Gasteiger partial charge in [0.15, 0.2) is 0 Å². The van der Waals surface area contributed by atoms with Gasteiger partial charge in [-0.3, -0.25) is 0 Å². The maximum Gasteiger partial charge on any atom is 0.126 e. The van der Waals surface area contributed by atoms with Gasteiger partial charge in [-0.1, -0.05) is 64.0 Å². The Bertz CT molecular complexity index is 505. The molecule has 94 valence electrons. The minimum absolute atomic E-state index is 0.115. The fourth-order valence-corrected chi connectivity index (χ4v) is 2.63. The summed E-state index contributed by atoms with van der Waals surface area (Å²) >= 11 is 3.53. The lowest BCUT2D eigenvalue weighted by atomic mass is 9.93. The Balaban J connectivity index is 2.20. The van der Waals surface area contributed by atoms with E-state index in [0.717, 1.165) is 17.3 Å². The van der Waals surface area contributed by atoms with Gasteiger partial charge in [0, 0.05) is 5.33 Å². The third kappa shape index (κ3) is 3.20. The molecule has 2 heteroatoms. The first-order valence-electron chi connectivity index (χ1n) is 6.06. The van der Waals surface area contributed by atoms with Gasteiger partial charge in [-0.15, -0.1) is 0 Å². The number of halogens is 2. The summed E-state index contributed by atoms with van der Waals surface area (Å²) in [7, 11) is 0. The predicted molar refractivity (Wildman–Crippen MR) is 77.8 cm³/mol. The molecular formula is C16H16BrF. The van der Waals surface area contributed by atoms with Gasteiger partial charge in [-0.05, 0) is 36.5 Å². The van der Waals surface area contributed by atoms with E-state index in [-0.39, 0.29) is 5.82 Å². The van der Waals surface area contributed by atoms with Gasteiger partial charge in [-0.2, -0.15) is 0 Å². The van der Waals surface area contributed by atoms with Crippen molar-refractivity contribution in [2.24, 2.45) is 0 Å². The molecule has 0 amide bonds. The minimum atomic E-state index is -0.115. The smallest absolute Gasteiger partial charge is 0.126 e. The second-order valence-corrected chi connectivity index (χ2v) is 5.20. The highest BCUT2D eigenvalue weighted by molar-refractivity contribution is 9.09. The first-order valence-corrected chi connectivity index (χ1v) is 7.19. The average molecular weight is 307 g/mol. The normalized spacial score (nSPS) is 12.4. The monoisotopic (exact) mass is 306 g/mol. The molecule has 0 radical (unpaired) electrons. The van der Waals surface area contributed by atoms with Crippen LogP contribution < -0.4 is 0 Å². The Morgan fingerprint density at radius 1 is 1.06 bits per heavy atom. The standard InChI is InChI=1S/C16H16BrF/c1-12-6-8-13(9-7-12)15(11-17)10-14-4-2-3-5-16(14)18/h2-9,15H,10-11H2,1H3. The van der Waals surface area contributed by atoms with E-state index >= 15 is 0 Å². The molecule has 0 saturated heterocycles. The topological polar surface area (TPSA) is 0 Å². The van der Waals surface area contributed by atoms with Gasteiger partial charge in [-0.25, -0.2) is 4.39 Å². The van der Waals surface area contributed by atoms with Crippen molar-refractivity contribution >= 4 is 15.9 Å². The third-order valence-corrected chi connectivity index (χ3v) is 3.94. The van der Waals surface area contributed by atoms with E-state index in [1.54, 1.807) is 6.07 Å². The van der Waals surface area contributed by atoms with E-state index in [0.29, 0.717) is 5.92 Å². The van der Waals surface area contributed by atoms with Crippen molar-refractivity contribution in [3.63, 3.8) is 0 Å². The van der Waals surface area contributed by atoms with Crippen molar-refractivity contribution in [3.8, 4) is 0 Å². The Morgan fingerprint density at radius 2 is 1.72 bits per heavy atom. The quantitative estimate of drug-likeness (QED) is 0.708. The van der Waals surface area contributed by atoms with Gasteiger partial charge >= 0.3 is 0 Å². The van der Waals surface area contributed by atoms with Crippen molar-refractivity contribution < 1.29 is 4.39 Å². The van der Waals surface area contributed by atoms with Crippen LogP contribution in [0.1, 0.15) is 22.6 Å². The van der Waals surface area contributed by atoms with Crippen molar-refractivity contribution in [1.29, 1.82) is 0 Å². The summed E-state index contributed by atoms with van der Waals surface area (Å²) < 4.78 is 13.7. The van der Waals surface area contributed by atoms with Crippen LogP contribution in [-0.2, 0) is 6.42 Å². The van der Waals surface area contributed by atoms with Crippen LogP contribution in [0.2, 0.25) is 0 Å². The van der Waals surface area contributed by atoms with Gasteiger partial charge in [0.25, 0.3) is 0 Å². The van der Waals surface area contributed by atoms with Gasteiger partial charge in [0.1, 0.15) is 5.82 Å². The maximum absolute atomic E-state index is 13.7. The zero-order valence-electron chi connectivity index (χ0n) is 10.4. The van der Waals surface area contributed by atoms with E-state index in [1.165, 1.54) is 17.2 Å². The Morgan fingerprint density at radius 3 is 2.33 bits per heavy atom. The van der Waals surface area contributed by atoms with Crippen LogP contribution in [0.3, 0.4) is 0 Å². The van der Waals surface area contributed by atoms with Crippen LogP contribution >= 0.6 is 15.9 Å². The largest absolute Gasteiger partial charge is 0.207 e. The maximum atomic E-state index is 13.7. The van der Waals surface area contributed by atoms with Gasteiger partial charge in [0.2, 0.25) is 0 Å². The molecule has 0 aromatic heterocycles. The molecule has 0 nitrogen and oxygen atoms in total. The fourth-order valence-electron chi connectivity index (χ4n) is 2.03. The second-order valence-electron chi connectivity index (χ2n) is 4.56. The van der Waals surface area contributed by atoms with Crippen molar-refractivity contribution in [1.82, 2.24) is 0 Å². The summed E-state index contributed by atoms with van der Waals surface area (Å²) in [6.45, 7) is 2.07. The number of hydrogen-bond acceptors (Lipinski definition) is 0. The first-order chi connectivity index (χ1) is 8.70. The van der Waals surface area contributed by atoms with Gasteiger partial charge in [0.05, 0.1) is 0 Å². The molecule has 1 unspecified atom stereocenters. The molecule has 0 fully saturated rings. The summed E-state index contributed by atoms with van der Waals surface area (Å²) in [5.41, 5.74) is 3.28. The number of aryl methyl sites for hydroxylation is 1. The van der Waals surface area contributed by atoms with Crippen molar-refractivity contribution in [3.05, 3.63) is 71.0 Å². The van der Waals surface area contributed by atoms with E-state index in [9.17, 15) is 4.39 Å². The zero-order valence-corrected chi connectivity index (χ0v) is 12.0. The Hall–Kier alpha value is -1.15. The van der Waals surface area contributed by atoms with Gasteiger partial charge < -0.3 is 0 Å². The highest BCUT2D eigenvalue weighted by Gasteiger charge is 2.13. The van der Waals surface area contributed by atoms with Crippen LogP contribution in [0.4, 0.5) is 4.39 Å². The molecule has 0 aliphatic rings. The second kappa shape index (κ2) is 6.14. The Kier molecular flexibility index (Phi) is 4.54. The third-order valence-electron chi connectivity index (χ3n) is 3.16. The lowest BCUT2D eigenvalue weighted by Crippen LogP contribution is -2.06. The summed E-state index contributed by atoms with van der Waals surface area (Å²) in [4.78, 5) is 0. The Labute approximate surface area is 116 Å². The summed E-state index contributed by atoms with van der Waals surface area (Å²) in [5.74, 6) is 0.193. The predicted octanol–water partition coefficient (Wildman–Crippen LogP) is 4.86. The molecule has 0 aliphatic heterocycles. The molecular weight excluding hydrogens is 291 g/mol. The van der Waals surface area contributed by atoms with Crippen molar-refractivity contribution in [2.75, 3.05) is 5.33 Å². The zero-order chi connectivity index (χ0) is 13.0. The SMILES string of the molecule is Cc1ccc(C(CBr)Cc2ccccc2F)cc1. The molecule has 0 aliphatic carbocycles. The molecule has 0 spiro atoms. The number of benzene rings is 2.